The van der Waals surface area contributed by atoms with Gasteiger partial charge in [-0.05, 0) is 24.1 Å². The molecule has 0 saturated heterocycles. The molecule has 0 unspecified atom stereocenters. The molecule has 0 saturated carbocycles. The van der Waals surface area contributed by atoms with Crippen LogP contribution in [0.1, 0.15) is 25.3 Å². The molecule has 0 spiro atoms. The molecule has 0 N–H and O–H groups in total. The van der Waals surface area contributed by atoms with Crippen molar-refractivity contribution in [1.29, 1.82) is 0 Å². The average molecular weight is 304 g/mol. The van der Waals surface area contributed by atoms with Crippen LogP contribution >= 0.6 is 0 Å². The van der Waals surface area contributed by atoms with Gasteiger partial charge in [0.2, 0.25) is 10.0 Å². The molecular weight excluding hydrogens is 284 g/mol. The third-order valence-corrected chi connectivity index (χ3v) is 4.89. The molecular formula is C16H20N2O2S. The minimum atomic E-state index is -3.43. The van der Waals surface area contributed by atoms with Gasteiger partial charge < -0.3 is 0 Å². The first-order valence-corrected chi connectivity index (χ1v) is 8.70. The van der Waals surface area contributed by atoms with E-state index in [1.165, 1.54) is 4.31 Å². The van der Waals surface area contributed by atoms with Gasteiger partial charge in [0, 0.05) is 12.7 Å². The van der Waals surface area contributed by atoms with Gasteiger partial charge in [0.15, 0.2) is 0 Å². The minimum Gasteiger partial charge on any atom is -0.253 e. The lowest BCUT2D eigenvalue weighted by Crippen LogP contribution is -2.33. The van der Waals surface area contributed by atoms with Crippen LogP contribution in [0.4, 0.5) is 5.82 Å². The molecule has 0 aliphatic carbocycles. The van der Waals surface area contributed by atoms with E-state index < -0.39 is 10.0 Å². The molecule has 0 aliphatic rings. The Balaban J connectivity index is 2.27. The first kappa shape index (κ1) is 15.5. The van der Waals surface area contributed by atoms with Crippen LogP contribution in [0, 0.1) is 0 Å². The molecule has 0 aliphatic heterocycles. The highest BCUT2D eigenvalue weighted by molar-refractivity contribution is 7.92. The molecule has 2 aromatic rings. The van der Waals surface area contributed by atoms with Gasteiger partial charge in [0.25, 0.3) is 0 Å². The van der Waals surface area contributed by atoms with Gasteiger partial charge in [-0.25, -0.2) is 13.4 Å². The number of hydrogen-bond donors (Lipinski definition) is 0. The van der Waals surface area contributed by atoms with Crippen LogP contribution in [-0.2, 0) is 15.8 Å². The monoisotopic (exact) mass is 304 g/mol. The standard InChI is InChI=1S/C16H20N2O2S/c1-2-3-13-18(16-11-7-8-12-17-16)21(19,20)14-15-9-5-4-6-10-15/h4-12H,2-3,13-14H2,1H3. The van der Waals surface area contributed by atoms with Crippen molar-refractivity contribution in [3.8, 4) is 0 Å². The summed E-state index contributed by atoms with van der Waals surface area (Å²) in [5, 5.41) is 0. The van der Waals surface area contributed by atoms with Gasteiger partial charge in [-0.1, -0.05) is 49.7 Å². The Morgan fingerprint density at radius 1 is 1.05 bits per heavy atom. The highest BCUT2D eigenvalue weighted by Crippen LogP contribution is 2.19. The van der Waals surface area contributed by atoms with Crippen molar-refractivity contribution in [2.75, 3.05) is 10.8 Å². The van der Waals surface area contributed by atoms with Crippen molar-refractivity contribution < 1.29 is 8.42 Å². The predicted octanol–water partition coefficient (Wildman–Crippen LogP) is 3.22. The zero-order valence-electron chi connectivity index (χ0n) is 12.1. The summed E-state index contributed by atoms with van der Waals surface area (Å²) in [4.78, 5) is 4.19. The largest absolute Gasteiger partial charge is 0.253 e. The lowest BCUT2D eigenvalue weighted by atomic mass is 10.2. The molecule has 21 heavy (non-hydrogen) atoms. The van der Waals surface area contributed by atoms with E-state index in [2.05, 4.69) is 4.98 Å². The molecule has 4 nitrogen and oxygen atoms in total. The van der Waals surface area contributed by atoms with Crippen molar-refractivity contribution in [2.24, 2.45) is 0 Å². The molecule has 0 radical (unpaired) electrons. The van der Waals surface area contributed by atoms with Crippen LogP contribution in [0.2, 0.25) is 0 Å². The number of pyridine rings is 1. The summed E-state index contributed by atoms with van der Waals surface area (Å²) >= 11 is 0. The van der Waals surface area contributed by atoms with Crippen LogP contribution in [0.15, 0.2) is 54.7 Å². The van der Waals surface area contributed by atoms with Crippen LogP contribution in [0.25, 0.3) is 0 Å². The maximum Gasteiger partial charge on any atom is 0.240 e. The van der Waals surface area contributed by atoms with Gasteiger partial charge in [0.1, 0.15) is 5.82 Å². The van der Waals surface area contributed by atoms with Gasteiger partial charge >= 0.3 is 0 Å². The Morgan fingerprint density at radius 2 is 1.76 bits per heavy atom. The molecule has 0 bridgehead atoms. The second-order valence-electron chi connectivity index (χ2n) is 4.86. The van der Waals surface area contributed by atoms with E-state index in [0.717, 1.165) is 18.4 Å². The number of sulfonamides is 1. The number of unbranched alkanes of at least 4 members (excludes halogenated alkanes) is 1. The summed E-state index contributed by atoms with van der Waals surface area (Å²) in [5.74, 6) is 0.482. The van der Waals surface area contributed by atoms with E-state index >= 15 is 0 Å². The van der Waals surface area contributed by atoms with Crippen LogP contribution in [0.5, 0.6) is 0 Å². The Kier molecular flexibility index (Phi) is 5.33. The van der Waals surface area contributed by atoms with Crippen molar-refractivity contribution in [2.45, 2.75) is 25.5 Å². The van der Waals surface area contributed by atoms with E-state index in [1.54, 1.807) is 24.4 Å². The highest BCUT2D eigenvalue weighted by Gasteiger charge is 2.23. The molecule has 0 fully saturated rings. The Bertz CT molecular complexity index is 642. The van der Waals surface area contributed by atoms with E-state index in [0.29, 0.717) is 12.4 Å². The molecule has 2 rings (SSSR count). The number of anilines is 1. The highest BCUT2D eigenvalue weighted by atomic mass is 32.2. The molecule has 112 valence electrons. The summed E-state index contributed by atoms with van der Waals surface area (Å²) in [6, 6.07) is 14.6. The van der Waals surface area contributed by atoms with Crippen LogP contribution in [0.3, 0.4) is 0 Å². The third kappa shape index (κ3) is 4.29. The van der Waals surface area contributed by atoms with E-state index in [-0.39, 0.29) is 5.75 Å². The second kappa shape index (κ2) is 7.22. The number of nitrogens with zero attached hydrogens (tertiary/aromatic N) is 2. The molecule has 5 heteroatoms. The fraction of sp³-hybridized carbons (Fsp3) is 0.312. The molecule has 0 amide bonds. The van der Waals surface area contributed by atoms with E-state index in [1.807, 2.05) is 37.3 Å². The summed E-state index contributed by atoms with van der Waals surface area (Å²) in [6.45, 7) is 2.50. The SMILES string of the molecule is CCCCN(c1ccccn1)S(=O)(=O)Cc1ccccc1. The first-order valence-electron chi connectivity index (χ1n) is 7.09. The van der Waals surface area contributed by atoms with E-state index in [9.17, 15) is 8.42 Å². The predicted molar refractivity (Wildman–Crippen MR) is 85.6 cm³/mol. The topological polar surface area (TPSA) is 50.3 Å². The maximum atomic E-state index is 12.7. The lowest BCUT2D eigenvalue weighted by molar-refractivity contribution is 0.587. The summed E-state index contributed by atoms with van der Waals surface area (Å²) < 4.78 is 26.8. The smallest absolute Gasteiger partial charge is 0.240 e. The van der Waals surface area contributed by atoms with Crippen molar-refractivity contribution in [1.82, 2.24) is 4.98 Å². The number of hydrogen-bond acceptors (Lipinski definition) is 3. The summed E-state index contributed by atoms with van der Waals surface area (Å²) in [5.41, 5.74) is 0.787. The quantitative estimate of drug-likeness (QED) is 0.789. The first-order chi connectivity index (χ1) is 10.1. The zero-order valence-corrected chi connectivity index (χ0v) is 13.0. The third-order valence-electron chi connectivity index (χ3n) is 3.15. The molecule has 1 aromatic carbocycles. The van der Waals surface area contributed by atoms with Gasteiger partial charge in [-0.3, -0.25) is 4.31 Å². The molecule has 0 atom stereocenters. The molecule has 1 aromatic heterocycles. The van der Waals surface area contributed by atoms with Gasteiger partial charge in [-0.2, -0.15) is 0 Å². The van der Waals surface area contributed by atoms with Crippen molar-refractivity contribution >= 4 is 15.8 Å². The van der Waals surface area contributed by atoms with Crippen LogP contribution in [-0.4, -0.2) is 19.9 Å². The average Bonchev–Trinajstić information content (AvgIpc) is 2.49. The Morgan fingerprint density at radius 3 is 2.38 bits per heavy atom. The zero-order chi connectivity index (χ0) is 15.1. The van der Waals surface area contributed by atoms with Crippen molar-refractivity contribution in [3.05, 3.63) is 60.3 Å². The van der Waals surface area contributed by atoms with E-state index in [4.69, 9.17) is 0 Å². The molecule has 1 heterocycles. The van der Waals surface area contributed by atoms with Gasteiger partial charge in [0.05, 0.1) is 5.75 Å². The normalized spacial score (nSPS) is 11.3. The lowest BCUT2D eigenvalue weighted by Gasteiger charge is -2.23. The number of aromatic nitrogens is 1. The summed E-state index contributed by atoms with van der Waals surface area (Å²) in [6.07, 6.45) is 3.36. The maximum absolute atomic E-state index is 12.7. The van der Waals surface area contributed by atoms with Crippen molar-refractivity contribution in [3.63, 3.8) is 0 Å². The minimum absolute atomic E-state index is 0.00582. The summed E-state index contributed by atoms with van der Waals surface area (Å²) in [7, 11) is -3.43. The fourth-order valence-electron chi connectivity index (χ4n) is 2.06. The Labute approximate surface area is 126 Å². The fourth-order valence-corrected chi connectivity index (χ4v) is 3.63. The number of rotatable bonds is 7. The second-order valence-corrected chi connectivity index (χ2v) is 6.75. The van der Waals surface area contributed by atoms with Crippen LogP contribution < -0.4 is 4.31 Å². The number of benzene rings is 1. The van der Waals surface area contributed by atoms with Gasteiger partial charge in [-0.15, -0.1) is 0 Å². The Hall–Kier alpha value is -1.88.